The highest BCUT2D eigenvalue weighted by molar-refractivity contribution is 6.15. The predicted octanol–water partition coefficient (Wildman–Crippen LogP) is 4.66. The Morgan fingerprint density at radius 1 is 0.962 bits per heavy atom. The van der Waals surface area contributed by atoms with Crippen LogP contribution in [0.3, 0.4) is 0 Å². The van der Waals surface area contributed by atoms with Crippen molar-refractivity contribution in [2.75, 3.05) is 0 Å². The third-order valence-electron chi connectivity index (χ3n) is 5.61. The molecule has 134 valence electrons. The summed E-state index contributed by atoms with van der Waals surface area (Å²) in [6.45, 7) is 7.83. The fraction of sp³-hybridized carbons (Fsp3) is 0.300. The number of hydrogen-bond donors (Lipinski definition) is 0. The fourth-order valence-corrected chi connectivity index (χ4v) is 3.49. The molecule has 3 nitrogen and oxygen atoms in total. The maximum Gasteiger partial charge on any atom is 0.250 e. The number of nitrogens with zero attached hydrogens (tertiary/aromatic N) is 3. The highest BCUT2D eigenvalue weighted by Crippen LogP contribution is 2.45. The Bertz CT molecular complexity index is 1080. The van der Waals surface area contributed by atoms with E-state index in [1.54, 1.807) is 12.1 Å². The zero-order valence-electron chi connectivity index (χ0n) is 14.9. The van der Waals surface area contributed by atoms with Crippen molar-refractivity contribution >= 4 is 11.2 Å². The summed E-state index contributed by atoms with van der Waals surface area (Å²) in [4.78, 5) is 4.87. The number of aromatic nitrogens is 2. The minimum atomic E-state index is -1.04. The smallest absolute Gasteiger partial charge is 0.250 e. The number of hydrogen-bond acceptors (Lipinski definition) is 2. The molecule has 0 atom stereocenters. The van der Waals surface area contributed by atoms with Crippen molar-refractivity contribution in [3.63, 3.8) is 0 Å². The molecule has 1 aliphatic rings. The molecule has 0 N–H and O–H groups in total. The minimum Gasteiger partial charge on any atom is -0.277 e. The fourth-order valence-electron chi connectivity index (χ4n) is 3.49. The lowest BCUT2D eigenvalue weighted by Gasteiger charge is -2.44. The molecule has 0 radical (unpaired) electrons. The van der Waals surface area contributed by atoms with Gasteiger partial charge in [-0.05, 0) is 26.0 Å². The summed E-state index contributed by atoms with van der Waals surface area (Å²) in [6, 6.07) is 7.59. The van der Waals surface area contributed by atoms with E-state index < -0.39 is 22.7 Å². The molecule has 0 unspecified atom stereocenters. The summed E-state index contributed by atoms with van der Waals surface area (Å²) in [5.41, 5.74) is 1.59. The van der Waals surface area contributed by atoms with Gasteiger partial charge in [0, 0.05) is 28.2 Å². The van der Waals surface area contributed by atoms with Gasteiger partial charge in [0.15, 0.2) is 5.82 Å². The summed E-state index contributed by atoms with van der Waals surface area (Å²) in [5, 5.41) is 3.98. The van der Waals surface area contributed by atoms with Crippen LogP contribution in [0.5, 0.6) is 0 Å². The van der Waals surface area contributed by atoms with Crippen LogP contribution in [0.25, 0.3) is 5.52 Å². The van der Waals surface area contributed by atoms with Crippen LogP contribution in [0.2, 0.25) is 0 Å². The second-order valence-electron chi connectivity index (χ2n) is 7.67. The van der Waals surface area contributed by atoms with Crippen molar-refractivity contribution in [1.82, 2.24) is 9.61 Å². The molecule has 0 saturated carbocycles. The topological polar surface area (TPSA) is 29.7 Å². The van der Waals surface area contributed by atoms with Gasteiger partial charge in [-0.25, -0.2) is 13.3 Å². The third-order valence-corrected chi connectivity index (χ3v) is 5.61. The largest absolute Gasteiger partial charge is 0.277 e. The van der Waals surface area contributed by atoms with Gasteiger partial charge in [0.1, 0.15) is 5.82 Å². The number of halogens is 3. The molecule has 0 saturated heterocycles. The zero-order chi connectivity index (χ0) is 18.9. The SMILES string of the molecule is CC1(C)N=C(c2cnn3c(F)c(F)cc3c2)c2cccc(F)c2C1(C)C. The lowest BCUT2D eigenvalue weighted by molar-refractivity contribution is 0.293. The maximum atomic E-state index is 14.7. The first-order chi connectivity index (χ1) is 12.1. The molecule has 1 aromatic carbocycles. The van der Waals surface area contributed by atoms with Gasteiger partial charge in [-0.3, -0.25) is 4.99 Å². The molecule has 2 aromatic heterocycles. The Morgan fingerprint density at radius 2 is 1.69 bits per heavy atom. The average molecular weight is 357 g/mol. The normalized spacial score (nSPS) is 17.9. The molecule has 6 heteroatoms. The molecule has 0 fully saturated rings. The standard InChI is InChI=1S/C20H18F3N3/c1-19(2)16-13(6-5-7-14(16)21)17(25-20(19,3)4)11-8-12-9-15(22)18(23)26(12)24-10-11/h5-10H,1-4H3. The van der Waals surface area contributed by atoms with Crippen LogP contribution in [0.1, 0.15) is 44.4 Å². The molecular formula is C20H18F3N3. The van der Waals surface area contributed by atoms with Gasteiger partial charge in [-0.15, -0.1) is 0 Å². The van der Waals surface area contributed by atoms with E-state index in [1.807, 2.05) is 33.8 Å². The van der Waals surface area contributed by atoms with E-state index in [9.17, 15) is 13.2 Å². The average Bonchev–Trinajstić information content (AvgIpc) is 2.85. The van der Waals surface area contributed by atoms with Gasteiger partial charge < -0.3 is 0 Å². The Morgan fingerprint density at radius 3 is 2.42 bits per heavy atom. The first kappa shape index (κ1) is 16.8. The van der Waals surface area contributed by atoms with Crippen LogP contribution in [-0.2, 0) is 5.41 Å². The van der Waals surface area contributed by atoms with Crippen molar-refractivity contribution < 1.29 is 13.2 Å². The molecule has 3 aromatic rings. The van der Waals surface area contributed by atoms with Crippen molar-refractivity contribution in [2.45, 2.75) is 38.6 Å². The van der Waals surface area contributed by atoms with Crippen LogP contribution < -0.4 is 0 Å². The number of fused-ring (bicyclic) bond motifs is 2. The molecule has 4 rings (SSSR count). The van der Waals surface area contributed by atoms with Gasteiger partial charge in [-0.2, -0.15) is 9.49 Å². The summed E-state index contributed by atoms with van der Waals surface area (Å²) >= 11 is 0. The zero-order valence-corrected chi connectivity index (χ0v) is 14.9. The van der Waals surface area contributed by atoms with E-state index in [1.165, 1.54) is 12.3 Å². The van der Waals surface area contributed by atoms with Crippen molar-refractivity contribution in [1.29, 1.82) is 0 Å². The predicted molar refractivity (Wildman–Crippen MR) is 94.3 cm³/mol. The Labute approximate surface area is 149 Å². The van der Waals surface area contributed by atoms with Crippen molar-refractivity contribution in [3.05, 3.63) is 70.8 Å². The van der Waals surface area contributed by atoms with E-state index in [4.69, 9.17) is 4.99 Å². The lowest BCUT2D eigenvalue weighted by Crippen LogP contribution is -2.46. The van der Waals surface area contributed by atoms with E-state index in [-0.39, 0.29) is 11.3 Å². The molecule has 0 aliphatic carbocycles. The quantitative estimate of drug-likeness (QED) is 0.623. The second-order valence-corrected chi connectivity index (χ2v) is 7.67. The van der Waals surface area contributed by atoms with Crippen LogP contribution in [-0.4, -0.2) is 20.9 Å². The van der Waals surface area contributed by atoms with Gasteiger partial charge >= 0.3 is 0 Å². The Hall–Kier alpha value is -2.63. The van der Waals surface area contributed by atoms with Gasteiger partial charge in [0.2, 0.25) is 0 Å². The molecule has 0 amide bonds. The first-order valence-corrected chi connectivity index (χ1v) is 8.36. The second kappa shape index (κ2) is 5.19. The molecule has 0 bridgehead atoms. The van der Waals surface area contributed by atoms with Crippen LogP contribution in [0.4, 0.5) is 13.2 Å². The lowest BCUT2D eigenvalue weighted by atomic mass is 9.65. The van der Waals surface area contributed by atoms with Gasteiger partial charge in [-0.1, -0.05) is 26.0 Å². The van der Waals surface area contributed by atoms with E-state index in [2.05, 4.69) is 5.10 Å². The first-order valence-electron chi connectivity index (χ1n) is 8.36. The third kappa shape index (κ3) is 2.14. The summed E-state index contributed by atoms with van der Waals surface area (Å²) < 4.78 is 42.8. The molecule has 3 heterocycles. The van der Waals surface area contributed by atoms with E-state index in [0.717, 1.165) is 10.6 Å². The molecule has 1 aliphatic heterocycles. The maximum absolute atomic E-state index is 14.7. The summed E-state index contributed by atoms with van der Waals surface area (Å²) in [5.74, 6) is -2.29. The highest BCUT2D eigenvalue weighted by atomic mass is 19.2. The molecule has 0 spiro atoms. The molecular weight excluding hydrogens is 339 g/mol. The monoisotopic (exact) mass is 357 g/mol. The minimum absolute atomic E-state index is 0.279. The number of rotatable bonds is 1. The van der Waals surface area contributed by atoms with Crippen LogP contribution in [0, 0.1) is 17.6 Å². The van der Waals surface area contributed by atoms with Crippen molar-refractivity contribution in [3.8, 4) is 0 Å². The van der Waals surface area contributed by atoms with Crippen molar-refractivity contribution in [2.24, 2.45) is 4.99 Å². The highest BCUT2D eigenvalue weighted by Gasteiger charge is 2.45. The molecule has 26 heavy (non-hydrogen) atoms. The van der Waals surface area contributed by atoms with Crippen LogP contribution >= 0.6 is 0 Å². The number of benzene rings is 1. The van der Waals surface area contributed by atoms with Gasteiger partial charge in [0.25, 0.3) is 5.95 Å². The van der Waals surface area contributed by atoms with Crippen LogP contribution in [0.15, 0.2) is 41.5 Å². The summed E-state index contributed by atoms with van der Waals surface area (Å²) in [6.07, 6.45) is 1.43. The Kier molecular flexibility index (Phi) is 3.36. The Balaban J connectivity index is 2.00. The number of aliphatic imine (C=N–C) groups is 1. The van der Waals surface area contributed by atoms with E-state index in [0.29, 0.717) is 22.4 Å². The van der Waals surface area contributed by atoms with E-state index >= 15 is 0 Å². The summed E-state index contributed by atoms with van der Waals surface area (Å²) in [7, 11) is 0. The van der Waals surface area contributed by atoms with Gasteiger partial charge in [0.05, 0.1) is 23.0 Å².